The lowest BCUT2D eigenvalue weighted by atomic mass is 9.65. The van der Waals surface area contributed by atoms with Crippen LogP contribution in [0.25, 0.3) is 82.1 Å². The van der Waals surface area contributed by atoms with Gasteiger partial charge in [-0.2, -0.15) is 13.2 Å². The summed E-state index contributed by atoms with van der Waals surface area (Å²) in [6.07, 6.45) is -4.50. The van der Waals surface area contributed by atoms with Crippen molar-refractivity contribution in [2.24, 2.45) is 0 Å². The van der Waals surface area contributed by atoms with Gasteiger partial charge in [0, 0.05) is 32.6 Å². The maximum atomic E-state index is 14.3. The fourth-order valence-corrected chi connectivity index (χ4v) is 11.7. The number of fused-ring (bicyclic) bond motifs is 19. The molecule has 0 saturated carbocycles. The molecule has 0 radical (unpaired) electrons. The number of halogens is 3. The second kappa shape index (κ2) is 12.8. The summed E-state index contributed by atoms with van der Waals surface area (Å²) in [5.41, 5.74) is 13.5. The lowest BCUT2D eigenvalue weighted by Gasteiger charge is -2.40. The maximum absolute atomic E-state index is 14.3. The number of para-hydroxylation sites is 5. The summed E-state index contributed by atoms with van der Waals surface area (Å²) in [4.78, 5) is 2.11. The molecule has 0 bridgehead atoms. The van der Waals surface area contributed by atoms with E-state index < -0.39 is 17.2 Å². The van der Waals surface area contributed by atoms with Crippen molar-refractivity contribution in [2.75, 3.05) is 4.90 Å². The first-order valence-corrected chi connectivity index (χ1v) is 21.9. The van der Waals surface area contributed by atoms with Gasteiger partial charge in [0.2, 0.25) is 0 Å². The summed E-state index contributed by atoms with van der Waals surface area (Å²) in [6.45, 7) is 2.04. The van der Waals surface area contributed by atoms with Gasteiger partial charge in [0.15, 0.2) is 5.58 Å². The van der Waals surface area contributed by atoms with Gasteiger partial charge >= 0.3 is 6.18 Å². The van der Waals surface area contributed by atoms with E-state index in [2.05, 4.69) is 155 Å². The largest absolute Gasteiger partial charge is 0.454 e. The highest BCUT2D eigenvalue weighted by Crippen LogP contribution is 2.64. The van der Waals surface area contributed by atoms with Crippen LogP contribution in [0.15, 0.2) is 199 Å². The molecule has 0 N–H and O–H groups in total. The van der Waals surface area contributed by atoms with Crippen LogP contribution in [0.3, 0.4) is 0 Å². The van der Waals surface area contributed by atoms with E-state index in [1.807, 2.05) is 31.2 Å². The zero-order valence-corrected chi connectivity index (χ0v) is 34.9. The maximum Gasteiger partial charge on any atom is 0.416 e. The summed E-state index contributed by atoms with van der Waals surface area (Å²) < 4.78 is 52.2. The van der Waals surface area contributed by atoms with Gasteiger partial charge in [-0.15, -0.1) is 0 Å². The highest BCUT2D eigenvalue weighted by Gasteiger charge is 2.52. The fourth-order valence-electron chi connectivity index (χ4n) is 11.7. The summed E-state index contributed by atoms with van der Waals surface area (Å²) in [5, 5.41) is 8.61. The molecular formula is C59H35F3N2O. The summed E-state index contributed by atoms with van der Waals surface area (Å²) in [7, 11) is 0. The minimum Gasteiger partial charge on any atom is -0.454 e. The van der Waals surface area contributed by atoms with Crippen molar-refractivity contribution in [3.63, 3.8) is 0 Å². The first-order valence-electron chi connectivity index (χ1n) is 21.9. The molecule has 308 valence electrons. The lowest BCUT2D eigenvalue weighted by molar-refractivity contribution is -0.137. The topological polar surface area (TPSA) is 21.3 Å². The number of alkyl halides is 3. The van der Waals surface area contributed by atoms with Crippen molar-refractivity contribution in [3.8, 4) is 16.8 Å². The first-order chi connectivity index (χ1) is 31.8. The van der Waals surface area contributed by atoms with Crippen LogP contribution < -0.4 is 4.90 Å². The van der Waals surface area contributed by atoms with Crippen LogP contribution in [-0.2, 0) is 11.6 Å². The molecule has 3 heterocycles. The average Bonchev–Trinajstić information content (AvgIpc) is 3.99. The average molecular weight is 845 g/mol. The number of hydrogen-bond donors (Lipinski definition) is 0. The van der Waals surface area contributed by atoms with Gasteiger partial charge in [-0.25, -0.2) is 0 Å². The molecule has 1 atom stereocenters. The van der Waals surface area contributed by atoms with E-state index in [9.17, 15) is 13.2 Å². The van der Waals surface area contributed by atoms with Crippen molar-refractivity contribution in [1.29, 1.82) is 0 Å². The SMILES string of the molecule is Cc1cccc2c1oc1c(N(c3ccc(C(F)(F)F)cc3)c3cc4c(c5ccccc35)-c3c(ccc5ccccc35)C43c4ccccc4-n4c5ccccc5c5cccc3c54)cccc12. The van der Waals surface area contributed by atoms with Crippen molar-refractivity contribution >= 4 is 82.4 Å². The molecular weight excluding hydrogens is 810 g/mol. The van der Waals surface area contributed by atoms with E-state index in [1.165, 1.54) is 45.0 Å². The number of aromatic nitrogens is 1. The highest BCUT2D eigenvalue weighted by molar-refractivity contribution is 6.19. The van der Waals surface area contributed by atoms with Crippen LogP contribution in [0.1, 0.15) is 33.4 Å². The van der Waals surface area contributed by atoms with Gasteiger partial charge in [-0.05, 0) is 111 Å². The number of nitrogens with zero attached hydrogens (tertiary/aromatic N) is 2. The minimum absolute atomic E-state index is 0.578. The van der Waals surface area contributed by atoms with E-state index in [4.69, 9.17) is 4.42 Å². The van der Waals surface area contributed by atoms with Gasteiger partial charge in [-0.3, -0.25) is 0 Å². The summed E-state index contributed by atoms with van der Waals surface area (Å²) in [6, 6.07) is 66.1. The Morgan fingerprint density at radius 1 is 0.477 bits per heavy atom. The van der Waals surface area contributed by atoms with Crippen LogP contribution in [0.4, 0.5) is 30.2 Å². The van der Waals surface area contributed by atoms with E-state index >= 15 is 0 Å². The van der Waals surface area contributed by atoms with Crippen LogP contribution in [0, 0.1) is 6.92 Å². The summed E-state index contributed by atoms with van der Waals surface area (Å²) in [5.74, 6) is 0. The summed E-state index contributed by atoms with van der Waals surface area (Å²) >= 11 is 0. The Kier molecular flexibility index (Phi) is 7.15. The Bertz CT molecular complexity index is 4030. The second-order valence-corrected chi connectivity index (χ2v) is 17.5. The van der Waals surface area contributed by atoms with Gasteiger partial charge in [-0.1, -0.05) is 146 Å². The van der Waals surface area contributed by atoms with Gasteiger partial charge in [0.05, 0.1) is 39.1 Å². The number of aryl methyl sites for hydroxylation is 1. The molecule has 10 aromatic carbocycles. The molecule has 1 aliphatic heterocycles. The number of hydrogen-bond acceptors (Lipinski definition) is 2. The Balaban J connectivity index is 1.18. The van der Waals surface area contributed by atoms with E-state index in [-0.39, 0.29) is 0 Å². The van der Waals surface area contributed by atoms with Gasteiger partial charge in [0.25, 0.3) is 0 Å². The Morgan fingerprint density at radius 3 is 1.94 bits per heavy atom. The van der Waals surface area contributed by atoms with Crippen molar-refractivity contribution in [1.82, 2.24) is 4.57 Å². The smallest absolute Gasteiger partial charge is 0.416 e. The molecule has 1 spiro atoms. The molecule has 6 heteroatoms. The molecule has 2 aliphatic rings. The third-order valence-corrected chi connectivity index (χ3v) is 14.3. The van der Waals surface area contributed by atoms with Crippen LogP contribution >= 0.6 is 0 Å². The zero-order chi connectivity index (χ0) is 43.3. The van der Waals surface area contributed by atoms with E-state index in [0.29, 0.717) is 11.3 Å². The van der Waals surface area contributed by atoms with Gasteiger partial charge in [0.1, 0.15) is 5.58 Å². The lowest BCUT2D eigenvalue weighted by Crippen LogP contribution is -2.33. The standard InChI is InChI=1S/C59H35F3N2O/c1-34-13-10-20-43-44-21-12-26-51(57(44)65-56(34)43)63(37-30-28-36(29-31-37)59(60,61)62)52-33-48-54(41-18-5-4-16-39(41)52)53-38-15-3-2-14-35(38)27-32-46(53)58(48)45-22-7-9-25-50(45)64-49-24-8-6-17-40(49)42-19-11-23-47(58)55(42)64/h2-33H,1H3. The molecule has 3 nitrogen and oxygen atoms in total. The predicted molar refractivity (Wildman–Crippen MR) is 258 cm³/mol. The van der Waals surface area contributed by atoms with Crippen molar-refractivity contribution in [2.45, 2.75) is 18.5 Å². The van der Waals surface area contributed by atoms with Crippen molar-refractivity contribution in [3.05, 3.63) is 228 Å². The molecule has 1 unspecified atom stereocenters. The Morgan fingerprint density at radius 2 is 1.11 bits per heavy atom. The molecule has 2 aromatic heterocycles. The first kappa shape index (κ1) is 36.4. The molecule has 1 aliphatic carbocycles. The fraction of sp³-hybridized carbons (Fsp3) is 0.0508. The van der Waals surface area contributed by atoms with Crippen LogP contribution in [-0.4, -0.2) is 4.57 Å². The minimum atomic E-state index is -4.50. The van der Waals surface area contributed by atoms with E-state index in [0.717, 1.165) is 82.9 Å². The molecule has 65 heavy (non-hydrogen) atoms. The number of furan rings is 1. The molecule has 0 fully saturated rings. The molecule has 12 aromatic rings. The monoisotopic (exact) mass is 844 g/mol. The number of benzene rings is 10. The Labute approximate surface area is 370 Å². The zero-order valence-electron chi connectivity index (χ0n) is 34.9. The second-order valence-electron chi connectivity index (χ2n) is 17.5. The number of anilines is 3. The number of rotatable bonds is 3. The van der Waals surface area contributed by atoms with Gasteiger partial charge < -0.3 is 13.9 Å². The quantitative estimate of drug-likeness (QED) is 0.177. The predicted octanol–water partition coefficient (Wildman–Crippen LogP) is 16.5. The normalized spacial score (nSPS) is 15.1. The molecule has 0 amide bonds. The van der Waals surface area contributed by atoms with Crippen LogP contribution in [0.2, 0.25) is 0 Å². The molecule has 14 rings (SSSR count). The molecule has 0 saturated heterocycles. The van der Waals surface area contributed by atoms with E-state index in [1.54, 1.807) is 12.1 Å². The van der Waals surface area contributed by atoms with Crippen molar-refractivity contribution < 1.29 is 17.6 Å². The highest BCUT2D eigenvalue weighted by atomic mass is 19.4. The third kappa shape index (κ3) is 4.65. The van der Waals surface area contributed by atoms with Crippen LogP contribution in [0.5, 0.6) is 0 Å². The Hall–Kier alpha value is -8.09. The third-order valence-electron chi connectivity index (χ3n) is 14.3.